The van der Waals surface area contributed by atoms with E-state index in [9.17, 15) is 0 Å². The highest BCUT2D eigenvalue weighted by Gasteiger charge is 2.53. The lowest BCUT2D eigenvalue weighted by atomic mass is 9.65. The number of aliphatic imine (C=N–C) groups is 1. The van der Waals surface area contributed by atoms with Crippen LogP contribution >= 0.6 is 11.3 Å². The van der Waals surface area contributed by atoms with Crippen molar-refractivity contribution in [2.24, 2.45) is 10.4 Å². The minimum absolute atomic E-state index is 0.130. The van der Waals surface area contributed by atoms with Gasteiger partial charge in [0.2, 0.25) is 0 Å². The fraction of sp³-hybridized carbons (Fsp3) is 0.733. The Labute approximate surface area is 126 Å². The van der Waals surface area contributed by atoms with Gasteiger partial charge in [0.25, 0.3) is 0 Å². The van der Waals surface area contributed by atoms with E-state index in [1.165, 1.54) is 5.01 Å². The molecule has 2 rings (SSSR count). The average Bonchev–Trinajstić information content (AvgIpc) is 2.86. The van der Waals surface area contributed by atoms with Crippen molar-refractivity contribution in [2.45, 2.75) is 53.1 Å². The SMILES string of the molecule is CCc1nc(CNC(=NC)N2CC(C)(C)C2(C)C)cs1. The highest BCUT2D eigenvalue weighted by atomic mass is 32.1. The molecule has 0 spiro atoms. The number of hydrogen-bond donors (Lipinski definition) is 1. The van der Waals surface area contributed by atoms with E-state index >= 15 is 0 Å². The van der Waals surface area contributed by atoms with Crippen LogP contribution in [0.3, 0.4) is 0 Å². The van der Waals surface area contributed by atoms with E-state index in [2.05, 4.69) is 60.2 Å². The quantitative estimate of drug-likeness (QED) is 0.688. The van der Waals surface area contributed by atoms with Crippen molar-refractivity contribution in [3.05, 3.63) is 16.1 Å². The van der Waals surface area contributed by atoms with Gasteiger partial charge in [-0.05, 0) is 20.3 Å². The lowest BCUT2D eigenvalue weighted by Crippen LogP contribution is -2.72. The smallest absolute Gasteiger partial charge is 0.194 e. The molecule has 4 nitrogen and oxygen atoms in total. The van der Waals surface area contributed by atoms with E-state index in [-0.39, 0.29) is 5.54 Å². The molecule has 0 bridgehead atoms. The van der Waals surface area contributed by atoms with Crippen molar-refractivity contribution in [1.82, 2.24) is 15.2 Å². The van der Waals surface area contributed by atoms with Crippen LogP contribution in [-0.4, -0.2) is 35.0 Å². The van der Waals surface area contributed by atoms with Crippen molar-refractivity contribution in [3.63, 3.8) is 0 Å². The molecule has 1 aromatic rings. The van der Waals surface area contributed by atoms with Gasteiger partial charge in [-0.25, -0.2) is 4.98 Å². The molecule has 0 aromatic carbocycles. The molecule has 0 radical (unpaired) electrons. The Kier molecular flexibility index (Phi) is 4.09. The van der Waals surface area contributed by atoms with Crippen molar-refractivity contribution in [3.8, 4) is 0 Å². The van der Waals surface area contributed by atoms with Crippen molar-refractivity contribution >= 4 is 17.3 Å². The number of rotatable bonds is 3. The zero-order valence-corrected chi connectivity index (χ0v) is 14.3. The summed E-state index contributed by atoms with van der Waals surface area (Å²) < 4.78 is 0. The van der Waals surface area contributed by atoms with E-state index in [4.69, 9.17) is 0 Å². The molecule has 20 heavy (non-hydrogen) atoms. The zero-order valence-electron chi connectivity index (χ0n) is 13.4. The Bertz CT molecular complexity index is 502. The number of likely N-dealkylation sites (tertiary alicyclic amines) is 1. The van der Waals surface area contributed by atoms with Gasteiger partial charge in [-0.1, -0.05) is 20.8 Å². The molecule has 1 aliphatic heterocycles. The highest BCUT2D eigenvalue weighted by Crippen LogP contribution is 2.46. The summed E-state index contributed by atoms with van der Waals surface area (Å²) in [7, 11) is 1.85. The molecule has 1 fully saturated rings. The third-order valence-corrected chi connectivity index (χ3v) is 5.72. The van der Waals surface area contributed by atoms with Crippen LogP contribution in [0.5, 0.6) is 0 Å². The Morgan fingerprint density at radius 1 is 1.45 bits per heavy atom. The maximum absolute atomic E-state index is 4.59. The number of nitrogens with one attached hydrogen (secondary N) is 1. The van der Waals surface area contributed by atoms with E-state index < -0.39 is 0 Å². The van der Waals surface area contributed by atoms with Crippen LogP contribution in [0.1, 0.15) is 45.3 Å². The van der Waals surface area contributed by atoms with Gasteiger partial charge in [0.15, 0.2) is 5.96 Å². The molecule has 5 heteroatoms. The van der Waals surface area contributed by atoms with E-state index in [0.717, 1.165) is 31.2 Å². The fourth-order valence-electron chi connectivity index (χ4n) is 2.46. The van der Waals surface area contributed by atoms with Crippen LogP contribution in [0.15, 0.2) is 10.4 Å². The first-order valence-corrected chi connectivity index (χ1v) is 8.11. The molecule has 0 unspecified atom stereocenters. The predicted octanol–water partition coefficient (Wildman–Crippen LogP) is 2.90. The fourth-order valence-corrected chi connectivity index (χ4v) is 3.20. The largest absolute Gasteiger partial charge is 0.351 e. The van der Waals surface area contributed by atoms with Gasteiger partial charge < -0.3 is 10.2 Å². The summed E-state index contributed by atoms with van der Waals surface area (Å²) in [5.41, 5.74) is 1.55. The summed E-state index contributed by atoms with van der Waals surface area (Å²) in [6.07, 6.45) is 1.01. The molecule has 112 valence electrons. The summed E-state index contributed by atoms with van der Waals surface area (Å²) in [6, 6.07) is 0. The molecule has 1 aromatic heterocycles. The van der Waals surface area contributed by atoms with Gasteiger partial charge in [-0.3, -0.25) is 4.99 Å². The van der Waals surface area contributed by atoms with Crippen molar-refractivity contribution in [2.75, 3.05) is 13.6 Å². The number of hydrogen-bond acceptors (Lipinski definition) is 3. The third kappa shape index (κ3) is 2.55. The van der Waals surface area contributed by atoms with Crippen molar-refractivity contribution in [1.29, 1.82) is 0 Å². The summed E-state index contributed by atoms with van der Waals surface area (Å²) >= 11 is 1.73. The molecule has 0 amide bonds. The topological polar surface area (TPSA) is 40.5 Å². The predicted molar refractivity (Wildman–Crippen MR) is 86.3 cm³/mol. The summed E-state index contributed by atoms with van der Waals surface area (Å²) in [6.45, 7) is 13.1. The first-order chi connectivity index (χ1) is 9.31. The van der Waals surface area contributed by atoms with Gasteiger partial charge in [0, 0.05) is 29.9 Å². The summed E-state index contributed by atoms with van der Waals surface area (Å²) in [4.78, 5) is 11.4. The van der Waals surface area contributed by atoms with Crippen LogP contribution in [-0.2, 0) is 13.0 Å². The zero-order chi connectivity index (χ0) is 15.0. The molecule has 0 aliphatic carbocycles. The maximum Gasteiger partial charge on any atom is 0.194 e. The number of nitrogens with zero attached hydrogens (tertiary/aromatic N) is 3. The Morgan fingerprint density at radius 2 is 2.15 bits per heavy atom. The lowest BCUT2D eigenvalue weighted by Gasteiger charge is -2.62. The van der Waals surface area contributed by atoms with Crippen LogP contribution < -0.4 is 5.32 Å². The monoisotopic (exact) mass is 294 g/mol. The Morgan fingerprint density at radius 3 is 2.60 bits per heavy atom. The minimum Gasteiger partial charge on any atom is -0.351 e. The van der Waals surface area contributed by atoms with Gasteiger partial charge >= 0.3 is 0 Å². The first kappa shape index (κ1) is 15.3. The molecule has 0 saturated carbocycles. The van der Waals surface area contributed by atoms with Crippen LogP contribution in [0.25, 0.3) is 0 Å². The Hall–Kier alpha value is -1.10. The summed E-state index contributed by atoms with van der Waals surface area (Å²) in [5, 5.41) is 6.76. The van der Waals surface area contributed by atoms with E-state index in [1.807, 2.05) is 7.05 Å². The lowest BCUT2D eigenvalue weighted by molar-refractivity contribution is -0.0668. The number of aromatic nitrogens is 1. The number of aryl methyl sites for hydroxylation is 1. The van der Waals surface area contributed by atoms with Gasteiger partial charge in [0.1, 0.15) is 0 Å². The van der Waals surface area contributed by atoms with Crippen molar-refractivity contribution < 1.29 is 0 Å². The normalized spacial score (nSPS) is 20.7. The second-order valence-corrected chi connectivity index (χ2v) is 7.46. The van der Waals surface area contributed by atoms with Gasteiger partial charge in [0.05, 0.1) is 17.2 Å². The average molecular weight is 294 g/mol. The second-order valence-electron chi connectivity index (χ2n) is 6.52. The maximum atomic E-state index is 4.59. The molecule has 1 aliphatic rings. The van der Waals surface area contributed by atoms with Gasteiger partial charge in [-0.2, -0.15) is 0 Å². The van der Waals surface area contributed by atoms with Crippen LogP contribution in [0.2, 0.25) is 0 Å². The van der Waals surface area contributed by atoms with Crippen LogP contribution in [0.4, 0.5) is 0 Å². The molecule has 1 saturated heterocycles. The molecule has 0 atom stereocenters. The first-order valence-electron chi connectivity index (χ1n) is 7.23. The Balaban J connectivity index is 1.98. The molecule has 1 N–H and O–H groups in total. The standard InChI is InChI=1S/C15H26N4S/c1-7-12-18-11(9-20-12)8-17-13(16-6)19-10-14(2,3)15(19,4)5/h9H,7-8,10H2,1-6H3,(H,16,17). The minimum atomic E-state index is 0.130. The van der Waals surface area contributed by atoms with E-state index in [1.54, 1.807) is 11.3 Å². The highest BCUT2D eigenvalue weighted by molar-refractivity contribution is 7.09. The van der Waals surface area contributed by atoms with Crippen LogP contribution in [0, 0.1) is 5.41 Å². The third-order valence-electron chi connectivity index (χ3n) is 4.68. The molecular weight excluding hydrogens is 268 g/mol. The molecule has 2 heterocycles. The summed E-state index contributed by atoms with van der Waals surface area (Å²) in [5.74, 6) is 0.973. The second kappa shape index (κ2) is 5.35. The van der Waals surface area contributed by atoms with E-state index in [0.29, 0.717) is 5.41 Å². The van der Waals surface area contributed by atoms with Gasteiger partial charge in [-0.15, -0.1) is 11.3 Å². The number of guanidine groups is 1. The number of thiazole rings is 1. The molecular formula is C15H26N4S.